The molecule has 1 unspecified atom stereocenters. The lowest BCUT2D eigenvalue weighted by Crippen LogP contribution is -2.28. The molecule has 0 saturated carbocycles. The lowest BCUT2D eigenvalue weighted by molar-refractivity contribution is -0.130. The lowest BCUT2D eigenvalue weighted by Gasteiger charge is -2.22. The van der Waals surface area contributed by atoms with Crippen molar-refractivity contribution in [2.75, 3.05) is 10.8 Å². The van der Waals surface area contributed by atoms with Crippen LogP contribution >= 0.6 is 23.5 Å². The summed E-state index contributed by atoms with van der Waals surface area (Å²) in [6.45, 7) is 3.59. The summed E-state index contributed by atoms with van der Waals surface area (Å²) in [7, 11) is 0. The number of carbonyl (C=O) groups is 1. The van der Waals surface area contributed by atoms with Gasteiger partial charge in [-0.25, -0.2) is 5.01 Å². The molecule has 25 heavy (non-hydrogen) atoms. The number of benzene rings is 2. The van der Waals surface area contributed by atoms with Crippen LogP contribution in [0, 0.1) is 0 Å². The van der Waals surface area contributed by atoms with Crippen molar-refractivity contribution < 1.29 is 4.79 Å². The molecule has 6 heteroatoms. The van der Waals surface area contributed by atoms with Crippen molar-refractivity contribution in [2.24, 2.45) is 10.1 Å². The summed E-state index contributed by atoms with van der Waals surface area (Å²) < 4.78 is 0. The summed E-state index contributed by atoms with van der Waals surface area (Å²) in [5.74, 6) is 0.459. The minimum absolute atomic E-state index is 0.0210. The predicted octanol–water partition coefficient (Wildman–Crippen LogP) is 4.76. The van der Waals surface area contributed by atoms with Crippen molar-refractivity contribution in [3.8, 4) is 0 Å². The number of carbonyl (C=O) groups excluding carboxylic acids is 1. The van der Waals surface area contributed by atoms with Crippen LogP contribution in [0.4, 0.5) is 5.69 Å². The fraction of sp³-hybridized carbons (Fsp3) is 0.211. The molecular formula is C19H19N3OS2. The molecule has 0 aliphatic carbocycles. The molecule has 2 aromatic carbocycles. The Morgan fingerprint density at radius 2 is 1.96 bits per heavy atom. The summed E-state index contributed by atoms with van der Waals surface area (Å²) in [6.07, 6.45) is 2.59. The zero-order valence-corrected chi connectivity index (χ0v) is 15.4. The van der Waals surface area contributed by atoms with Crippen LogP contribution in [0.2, 0.25) is 0 Å². The molecule has 0 radical (unpaired) electrons. The molecule has 0 bridgehead atoms. The first-order valence-corrected chi connectivity index (χ1v) is 10.1. The van der Waals surface area contributed by atoms with Gasteiger partial charge in [-0.3, -0.25) is 9.79 Å². The van der Waals surface area contributed by atoms with E-state index in [4.69, 9.17) is 0 Å². The number of amides is 1. The van der Waals surface area contributed by atoms with Crippen molar-refractivity contribution in [3.63, 3.8) is 0 Å². The second-order valence-corrected chi connectivity index (χ2v) is 7.80. The van der Waals surface area contributed by atoms with Crippen molar-refractivity contribution >= 4 is 48.1 Å². The summed E-state index contributed by atoms with van der Waals surface area (Å²) in [4.78, 5) is 17.6. The summed E-state index contributed by atoms with van der Waals surface area (Å²) in [6, 6.07) is 18.0. The smallest absolute Gasteiger partial charge is 0.253 e. The van der Waals surface area contributed by atoms with E-state index in [1.165, 1.54) is 0 Å². The van der Waals surface area contributed by atoms with E-state index in [1.54, 1.807) is 28.5 Å². The third-order valence-corrected chi connectivity index (χ3v) is 6.07. The molecule has 128 valence electrons. The van der Waals surface area contributed by atoms with Crippen LogP contribution in [0.1, 0.15) is 18.0 Å². The van der Waals surface area contributed by atoms with Crippen LogP contribution in [0.3, 0.4) is 0 Å². The average molecular weight is 370 g/mol. The van der Waals surface area contributed by atoms with Crippen molar-refractivity contribution in [2.45, 2.75) is 17.4 Å². The Morgan fingerprint density at radius 1 is 1.20 bits per heavy atom. The van der Waals surface area contributed by atoms with Gasteiger partial charge in [-0.05, 0) is 24.4 Å². The molecule has 0 fully saturated rings. The van der Waals surface area contributed by atoms with Gasteiger partial charge in [-0.1, -0.05) is 42.5 Å². The molecule has 1 aliphatic heterocycles. The van der Waals surface area contributed by atoms with E-state index in [2.05, 4.69) is 16.8 Å². The van der Waals surface area contributed by atoms with Gasteiger partial charge in [0.25, 0.3) is 5.91 Å². The minimum Gasteiger partial charge on any atom is -0.272 e. The number of thioether (sulfide) groups is 2. The minimum atomic E-state index is 0.0210. The highest BCUT2D eigenvalue weighted by Crippen LogP contribution is 2.32. The number of rotatable bonds is 7. The van der Waals surface area contributed by atoms with E-state index in [0.717, 1.165) is 27.7 Å². The van der Waals surface area contributed by atoms with E-state index in [-0.39, 0.29) is 11.9 Å². The fourth-order valence-corrected chi connectivity index (χ4v) is 4.55. The molecule has 0 N–H and O–H groups in total. The van der Waals surface area contributed by atoms with Crippen LogP contribution in [0.5, 0.6) is 0 Å². The maximum Gasteiger partial charge on any atom is 0.253 e. The zero-order valence-electron chi connectivity index (χ0n) is 13.7. The van der Waals surface area contributed by atoms with Crippen LogP contribution in [-0.4, -0.2) is 34.7 Å². The highest BCUT2D eigenvalue weighted by atomic mass is 32.2. The van der Waals surface area contributed by atoms with Gasteiger partial charge < -0.3 is 0 Å². The predicted molar refractivity (Wildman–Crippen MR) is 108 cm³/mol. The van der Waals surface area contributed by atoms with E-state index < -0.39 is 0 Å². The van der Waals surface area contributed by atoms with Gasteiger partial charge in [0.2, 0.25) is 0 Å². The summed E-state index contributed by atoms with van der Waals surface area (Å²) in [5.41, 5.74) is 2.01. The van der Waals surface area contributed by atoms with Crippen LogP contribution in [0.25, 0.3) is 0 Å². The Hall–Kier alpha value is -2.05. The standard InChI is InChI=1S/C19H19N3OS2/c1-20-16-9-5-6-10-18(16)25-14-24-13-19(23)22-17(11-12-21-22)15-7-3-2-4-8-15/h2-10,12,17H,1,11,13-14H2. The molecule has 2 aromatic rings. The normalized spacial score (nSPS) is 16.2. The second kappa shape index (κ2) is 8.87. The number of para-hydroxylation sites is 1. The topological polar surface area (TPSA) is 45.0 Å². The van der Waals surface area contributed by atoms with Crippen molar-refractivity contribution in [1.82, 2.24) is 5.01 Å². The molecule has 0 aromatic heterocycles. The maximum absolute atomic E-state index is 12.5. The first-order valence-electron chi connectivity index (χ1n) is 7.95. The van der Waals surface area contributed by atoms with Crippen LogP contribution < -0.4 is 0 Å². The van der Waals surface area contributed by atoms with Crippen LogP contribution in [-0.2, 0) is 4.79 Å². The van der Waals surface area contributed by atoms with Gasteiger partial charge in [0, 0.05) is 22.6 Å². The highest BCUT2D eigenvalue weighted by molar-refractivity contribution is 8.16. The molecule has 1 atom stereocenters. The Bertz CT molecular complexity index is 764. The average Bonchev–Trinajstić information content (AvgIpc) is 3.16. The third kappa shape index (κ3) is 4.52. The van der Waals surface area contributed by atoms with Crippen molar-refractivity contribution in [3.05, 3.63) is 60.2 Å². The molecular weight excluding hydrogens is 350 g/mol. The quantitative estimate of drug-likeness (QED) is 0.306. The third-order valence-electron chi connectivity index (χ3n) is 3.83. The molecule has 0 spiro atoms. The first-order chi connectivity index (χ1) is 12.3. The number of aliphatic imine (C=N–C) groups is 1. The summed E-state index contributed by atoms with van der Waals surface area (Å²) >= 11 is 3.27. The Morgan fingerprint density at radius 3 is 2.76 bits per heavy atom. The van der Waals surface area contributed by atoms with E-state index >= 15 is 0 Å². The maximum atomic E-state index is 12.5. The summed E-state index contributed by atoms with van der Waals surface area (Å²) in [5, 5.41) is 6.67. The van der Waals surface area contributed by atoms with Gasteiger partial charge in [-0.2, -0.15) is 5.10 Å². The largest absolute Gasteiger partial charge is 0.272 e. The molecule has 3 rings (SSSR count). The van der Waals surface area contributed by atoms with Crippen molar-refractivity contribution in [1.29, 1.82) is 0 Å². The second-order valence-electron chi connectivity index (χ2n) is 5.44. The van der Waals surface area contributed by atoms with Crippen LogP contribution in [0.15, 0.2) is 69.6 Å². The lowest BCUT2D eigenvalue weighted by atomic mass is 10.0. The number of hydrazone groups is 1. The SMILES string of the molecule is C=Nc1ccccc1SCSCC(=O)N1N=CCC1c1ccccc1. The van der Waals surface area contributed by atoms with Gasteiger partial charge in [-0.15, -0.1) is 23.5 Å². The molecule has 1 heterocycles. The van der Waals surface area contributed by atoms with Gasteiger partial charge >= 0.3 is 0 Å². The Kier molecular flexibility index (Phi) is 6.30. The van der Waals surface area contributed by atoms with E-state index in [0.29, 0.717) is 5.75 Å². The monoisotopic (exact) mass is 369 g/mol. The molecule has 4 nitrogen and oxygen atoms in total. The zero-order chi connectivity index (χ0) is 17.5. The number of hydrogen-bond acceptors (Lipinski definition) is 5. The number of nitrogens with zero attached hydrogens (tertiary/aromatic N) is 3. The molecule has 1 amide bonds. The Labute approximate surface area is 156 Å². The van der Waals surface area contributed by atoms with Gasteiger partial charge in [0.15, 0.2) is 0 Å². The highest BCUT2D eigenvalue weighted by Gasteiger charge is 2.27. The van der Waals surface area contributed by atoms with Gasteiger partial charge in [0.1, 0.15) is 0 Å². The fourth-order valence-electron chi connectivity index (χ4n) is 2.62. The number of hydrogen-bond donors (Lipinski definition) is 0. The molecule has 0 saturated heterocycles. The van der Waals surface area contributed by atoms with Gasteiger partial charge in [0.05, 0.1) is 17.5 Å². The molecule has 1 aliphatic rings. The van der Waals surface area contributed by atoms with E-state index in [9.17, 15) is 4.79 Å². The van der Waals surface area contributed by atoms with E-state index in [1.807, 2.05) is 60.8 Å². The first kappa shape index (κ1) is 17.8. The Balaban J connectivity index is 1.51.